The van der Waals surface area contributed by atoms with Crippen molar-refractivity contribution in [2.24, 2.45) is 0 Å². The Morgan fingerprint density at radius 2 is 1.57 bits per heavy atom. The van der Waals surface area contributed by atoms with Gasteiger partial charge in [-0.15, -0.1) is 0 Å². The summed E-state index contributed by atoms with van der Waals surface area (Å²) in [5, 5.41) is 1.92. The summed E-state index contributed by atoms with van der Waals surface area (Å²) in [5.74, 6) is 0. The average molecular weight is 106 g/mol. The van der Waals surface area contributed by atoms with Crippen LogP contribution in [0.2, 0.25) is 0 Å². The van der Waals surface area contributed by atoms with Crippen molar-refractivity contribution < 1.29 is 14.8 Å². The maximum absolute atomic E-state index is 4.71. The molecule has 0 bridgehead atoms. The van der Waals surface area contributed by atoms with Crippen molar-refractivity contribution in [3.05, 3.63) is 0 Å². The van der Waals surface area contributed by atoms with Gasteiger partial charge in [0.25, 0.3) is 0 Å². The Morgan fingerprint density at radius 1 is 1.14 bits per heavy atom. The third kappa shape index (κ3) is 5.88. The molecule has 0 aromatic carbocycles. The van der Waals surface area contributed by atoms with E-state index >= 15 is 0 Å². The van der Waals surface area contributed by atoms with Gasteiger partial charge in [0.05, 0.1) is 0 Å². The van der Waals surface area contributed by atoms with Crippen LogP contribution in [0.1, 0.15) is 0 Å². The Labute approximate surface area is 43.6 Å². The van der Waals surface area contributed by atoms with Crippen LogP contribution in [0.15, 0.2) is 0 Å². The molecule has 0 spiro atoms. The Hall–Kier alpha value is -0.120. The van der Waals surface area contributed by atoms with Crippen molar-refractivity contribution in [3.8, 4) is 0 Å². The zero-order valence-corrected chi connectivity index (χ0v) is 4.81. The topological polar surface area (TPSA) is 35.1 Å². The van der Waals surface area contributed by atoms with E-state index in [0.29, 0.717) is 13.5 Å². The number of ether oxygens (including phenoxy) is 2. The second kappa shape index (κ2) is 5.88. The largest absolute Gasteiger partial charge is 0.335 e. The minimum atomic E-state index is 0.674. The molecule has 0 atom stereocenters. The molecule has 0 saturated carbocycles. The number of methoxy groups -OCH3 is 2. The molecule has 0 aliphatic rings. The van der Waals surface area contributed by atoms with Crippen LogP contribution < -0.4 is 5.32 Å². The molecule has 0 fully saturated rings. The lowest BCUT2D eigenvalue weighted by molar-refractivity contribution is -0.713. The van der Waals surface area contributed by atoms with Crippen molar-refractivity contribution >= 4 is 0 Å². The summed E-state index contributed by atoms with van der Waals surface area (Å²) >= 11 is 0. The number of hydrogen-bond acceptors (Lipinski definition) is 2. The molecular formula is C4H12NO2+. The molecule has 0 rings (SSSR count). The molecule has 3 nitrogen and oxygen atoms in total. The van der Waals surface area contributed by atoms with Crippen LogP contribution in [0.4, 0.5) is 0 Å². The second-order valence-corrected chi connectivity index (χ2v) is 1.20. The highest BCUT2D eigenvalue weighted by atomic mass is 16.5. The zero-order valence-electron chi connectivity index (χ0n) is 4.81. The first kappa shape index (κ1) is 6.88. The van der Waals surface area contributed by atoms with Crippen molar-refractivity contribution in [2.45, 2.75) is 0 Å². The minimum absolute atomic E-state index is 0.674. The monoisotopic (exact) mass is 106 g/mol. The van der Waals surface area contributed by atoms with Crippen LogP contribution >= 0.6 is 0 Å². The fourth-order valence-electron chi connectivity index (χ4n) is 0.284. The minimum Gasteiger partial charge on any atom is -0.335 e. The highest BCUT2D eigenvalue weighted by molar-refractivity contribution is 3.83. The molecule has 0 aliphatic heterocycles. The Kier molecular flexibility index (Phi) is 5.78. The molecule has 0 aromatic rings. The van der Waals surface area contributed by atoms with E-state index in [9.17, 15) is 0 Å². The van der Waals surface area contributed by atoms with Crippen LogP contribution in [-0.4, -0.2) is 27.7 Å². The molecule has 44 valence electrons. The van der Waals surface area contributed by atoms with E-state index in [-0.39, 0.29) is 0 Å². The molecule has 0 heterocycles. The lowest BCUT2D eigenvalue weighted by Crippen LogP contribution is -2.85. The van der Waals surface area contributed by atoms with E-state index in [4.69, 9.17) is 9.47 Å². The van der Waals surface area contributed by atoms with Gasteiger partial charge in [0.15, 0.2) is 13.5 Å². The molecule has 0 aliphatic carbocycles. The van der Waals surface area contributed by atoms with Crippen molar-refractivity contribution in [1.29, 1.82) is 0 Å². The van der Waals surface area contributed by atoms with Crippen LogP contribution in [0.25, 0.3) is 0 Å². The fraction of sp³-hybridized carbons (Fsp3) is 1.00. The third-order valence-corrected chi connectivity index (χ3v) is 0.569. The molecule has 3 heteroatoms. The highest BCUT2D eigenvalue weighted by Crippen LogP contribution is 1.46. The van der Waals surface area contributed by atoms with Gasteiger partial charge in [0.2, 0.25) is 0 Å². The first-order valence-corrected chi connectivity index (χ1v) is 2.21. The summed E-state index contributed by atoms with van der Waals surface area (Å²) in [6.45, 7) is 1.35. The van der Waals surface area contributed by atoms with Gasteiger partial charge in [-0.25, -0.2) is 0 Å². The summed E-state index contributed by atoms with van der Waals surface area (Å²) in [7, 11) is 3.32. The number of rotatable bonds is 4. The van der Waals surface area contributed by atoms with Gasteiger partial charge in [-0.05, 0) is 0 Å². The molecule has 0 aromatic heterocycles. The number of nitrogens with two attached hydrogens (primary N) is 1. The molecule has 2 N–H and O–H groups in total. The quantitative estimate of drug-likeness (QED) is 0.359. The van der Waals surface area contributed by atoms with Gasteiger partial charge in [-0.2, -0.15) is 0 Å². The van der Waals surface area contributed by atoms with Crippen LogP contribution in [0.3, 0.4) is 0 Å². The van der Waals surface area contributed by atoms with Gasteiger partial charge in [0, 0.05) is 14.2 Å². The summed E-state index contributed by atoms with van der Waals surface area (Å²) in [6.07, 6.45) is 0. The molecule has 0 amide bonds. The Morgan fingerprint density at radius 3 is 1.86 bits per heavy atom. The van der Waals surface area contributed by atoms with E-state index in [1.54, 1.807) is 14.2 Å². The first-order valence-electron chi connectivity index (χ1n) is 2.21. The second-order valence-electron chi connectivity index (χ2n) is 1.20. The highest BCUT2D eigenvalue weighted by Gasteiger charge is 1.79. The standard InChI is InChI=1S/C4H11NO2/c1-6-3-5-4-7-2/h5H,3-4H2,1-2H3/p+1. The lowest BCUT2D eigenvalue weighted by atomic mass is 11.1. The van der Waals surface area contributed by atoms with Crippen LogP contribution in [0, 0.1) is 0 Å². The molecule has 0 unspecified atom stereocenters. The van der Waals surface area contributed by atoms with Crippen LogP contribution in [-0.2, 0) is 9.47 Å². The molecule has 0 radical (unpaired) electrons. The SMILES string of the molecule is COC[NH2+]COC. The zero-order chi connectivity index (χ0) is 5.54. The third-order valence-electron chi connectivity index (χ3n) is 0.569. The van der Waals surface area contributed by atoms with E-state index in [2.05, 4.69) is 0 Å². The summed E-state index contributed by atoms with van der Waals surface area (Å²) in [4.78, 5) is 0. The van der Waals surface area contributed by atoms with Crippen molar-refractivity contribution in [3.63, 3.8) is 0 Å². The van der Waals surface area contributed by atoms with Gasteiger partial charge >= 0.3 is 0 Å². The predicted octanol–water partition coefficient (Wildman–Crippen LogP) is -1.24. The Balaban J connectivity index is 2.45. The van der Waals surface area contributed by atoms with Crippen molar-refractivity contribution in [1.82, 2.24) is 0 Å². The normalized spacial score (nSPS) is 9.43. The average Bonchev–Trinajstić information content (AvgIpc) is 1.69. The molecular weight excluding hydrogens is 94.0 g/mol. The maximum Gasteiger partial charge on any atom is 0.181 e. The van der Waals surface area contributed by atoms with Crippen LogP contribution in [0.5, 0.6) is 0 Å². The molecule has 0 saturated heterocycles. The van der Waals surface area contributed by atoms with Gasteiger partial charge in [-0.3, -0.25) is 0 Å². The van der Waals surface area contributed by atoms with Gasteiger partial charge in [0.1, 0.15) is 0 Å². The first-order chi connectivity index (χ1) is 3.41. The smallest absolute Gasteiger partial charge is 0.181 e. The summed E-state index contributed by atoms with van der Waals surface area (Å²) < 4.78 is 9.42. The number of hydrogen-bond donors (Lipinski definition) is 1. The predicted molar refractivity (Wildman–Crippen MR) is 25.7 cm³/mol. The maximum atomic E-state index is 4.71. The lowest BCUT2D eigenvalue weighted by Gasteiger charge is -1.94. The summed E-state index contributed by atoms with van der Waals surface area (Å²) in [6, 6.07) is 0. The fourth-order valence-corrected chi connectivity index (χ4v) is 0.284. The van der Waals surface area contributed by atoms with E-state index in [0.717, 1.165) is 0 Å². The van der Waals surface area contributed by atoms with Gasteiger partial charge in [-0.1, -0.05) is 0 Å². The molecule has 7 heavy (non-hydrogen) atoms. The van der Waals surface area contributed by atoms with E-state index < -0.39 is 0 Å². The Bertz CT molecular complexity index is 28.9. The van der Waals surface area contributed by atoms with E-state index in [1.165, 1.54) is 0 Å². The van der Waals surface area contributed by atoms with E-state index in [1.807, 2.05) is 5.32 Å². The number of quaternary nitrogens is 1. The summed E-state index contributed by atoms with van der Waals surface area (Å²) in [5.41, 5.74) is 0. The van der Waals surface area contributed by atoms with Gasteiger partial charge < -0.3 is 14.8 Å². The van der Waals surface area contributed by atoms with Crippen molar-refractivity contribution in [2.75, 3.05) is 27.7 Å².